The van der Waals surface area contributed by atoms with Crippen LogP contribution in [0.3, 0.4) is 0 Å². The highest BCUT2D eigenvalue weighted by Gasteiger charge is 2.62. The Kier molecular flexibility index (Phi) is 5.06. The first-order valence-corrected chi connectivity index (χ1v) is 9.62. The lowest BCUT2D eigenvalue weighted by Crippen LogP contribution is -2.35. The molecule has 0 radical (unpaired) electrons. The molecular formula is C19H21ClN2O5. The number of unbranched alkanes of at least 4 members (excludes halogenated alkanes) is 1. The Balaban J connectivity index is 1.17. The minimum absolute atomic E-state index is 0.0821. The number of rotatable bonds is 6. The molecular weight excluding hydrogens is 372 g/mol. The fourth-order valence-electron chi connectivity index (χ4n) is 4.22. The SMILES string of the molecule is O=C(Nc1ccc(Cl)cc1)OCCCCN1C(=O)C2C3CCC(O3)C2C1=O. The number of likely N-dealkylation sites (tertiary alicyclic amines) is 1. The molecule has 3 amide bonds. The van der Waals surface area contributed by atoms with Gasteiger partial charge in [-0.1, -0.05) is 11.6 Å². The van der Waals surface area contributed by atoms with E-state index in [1.54, 1.807) is 24.3 Å². The quantitative estimate of drug-likeness (QED) is 0.594. The zero-order valence-electron chi connectivity index (χ0n) is 14.7. The van der Waals surface area contributed by atoms with Crippen LogP contribution in [0.2, 0.25) is 5.02 Å². The summed E-state index contributed by atoms with van der Waals surface area (Å²) in [4.78, 5) is 38.1. The van der Waals surface area contributed by atoms with Crippen LogP contribution in [0.25, 0.3) is 0 Å². The number of anilines is 1. The fourth-order valence-corrected chi connectivity index (χ4v) is 4.34. The van der Waals surface area contributed by atoms with Gasteiger partial charge in [-0.05, 0) is 49.9 Å². The van der Waals surface area contributed by atoms with Gasteiger partial charge in [0, 0.05) is 17.3 Å². The molecule has 3 heterocycles. The van der Waals surface area contributed by atoms with Crippen LogP contribution >= 0.6 is 11.6 Å². The van der Waals surface area contributed by atoms with Crippen molar-refractivity contribution in [2.45, 2.75) is 37.9 Å². The van der Waals surface area contributed by atoms with Gasteiger partial charge in [-0.15, -0.1) is 0 Å². The van der Waals surface area contributed by atoms with Crippen molar-refractivity contribution in [3.05, 3.63) is 29.3 Å². The molecule has 0 saturated carbocycles. The lowest BCUT2D eigenvalue weighted by molar-refractivity contribution is -0.142. The topological polar surface area (TPSA) is 84.9 Å². The molecule has 0 spiro atoms. The van der Waals surface area contributed by atoms with Crippen molar-refractivity contribution in [3.63, 3.8) is 0 Å². The Morgan fingerprint density at radius 3 is 2.37 bits per heavy atom. The molecule has 3 aliphatic heterocycles. The van der Waals surface area contributed by atoms with Crippen LogP contribution in [0.5, 0.6) is 0 Å². The summed E-state index contributed by atoms with van der Waals surface area (Å²) in [6, 6.07) is 6.71. The lowest BCUT2D eigenvalue weighted by atomic mass is 9.81. The lowest BCUT2D eigenvalue weighted by Gasteiger charge is -2.17. The van der Waals surface area contributed by atoms with E-state index in [0.717, 1.165) is 12.8 Å². The van der Waals surface area contributed by atoms with Gasteiger partial charge in [0.05, 0.1) is 30.7 Å². The molecule has 0 aliphatic carbocycles. The van der Waals surface area contributed by atoms with Crippen LogP contribution in [0, 0.1) is 11.8 Å². The van der Waals surface area contributed by atoms with Crippen molar-refractivity contribution in [1.29, 1.82) is 0 Å². The number of benzene rings is 1. The molecule has 3 fully saturated rings. The number of nitrogens with one attached hydrogen (secondary N) is 1. The number of fused-ring (bicyclic) bond motifs is 5. The van der Waals surface area contributed by atoms with E-state index in [4.69, 9.17) is 21.1 Å². The zero-order valence-corrected chi connectivity index (χ0v) is 15.5. The summed E-state index contributed by atoms with van der Waals surface area (Å²) >= 11 is 5.79. The Bertz CT molecular complexity index is 725. The van der Waals surface area contributed by atoms with E-state index in [-0.39, 0.29) is 42.5 Å². The number of carbonyl (C=O) groups excluding carboxylic acids is 3. The molecule has 1 aromatic carbocycles. The molecule has 7 nitrogen and oxygen atoms in total. The van der Waals surface area contributed by atoms with Crippen LogP contribution in [0.4, 0.5) is 10.5 Å². The Labute approximate surface area is 161 Å². The van der Waals surface area contributed by atoms with Gasteiger partial charge < -0.3 is 9.47 Å². The molecule has 3 aliphatic rings. The predicted octanol–water partition coefficient (Wildman–Crippen LogP) is 2.83. The summed E-state index contributed by atoms with van der Waals surface area (Å²) < 4.78 is 10.8. The molecule has 4 atom stereocenters. The largest absolute Gasteiger partial charge is 0.449 e. The van der Waals surface area contributed by atoms with E-state index in [1.807, 2.05) is 0 Å². The third kappa shape index (κ3) is 3.53. The molecule has 1 aromatic rings. The number of hydrogen-bond donors (Lipinski definition) is 1. The van der Waals surface area contributed by atoms with Gasteiger partial charge >= 0.3 is 6.09 Å². The highest BCUT2D eigenvalue weighted by atomic mass is 35.5. The zero-order chi connectivity index (χ0) is 19.0. The highest BCUT2D eigenvalue weighted by Crippen LogP contribution is 2.48. The van der Waals surface area contributed by atoms with Gasteiger partial charge in [-0.3, -0.25) is 19.8 Å². The number of halogens is 1. The summed E-state index contributed by atoms with van der Waals surface area (Å²) in [5, 5.41) is 3.19. The Hall–Kier alpha value is -2.12. The van der Waals surface area contributed by atoms with Gasteiger partial charge in [0.25, 0.3) is 0 Å². The maximum absolute atomic E-state index is 12.5. The first-order chi connectivity index (χ1) is 13.0. The molecule has 3 saturated heterocycles. The van der Waals surface area contributed by atoms with Crippen molar-refractivity contribution in [3.8, 4) is 0 Å². The van der Waals surface area contributed by atoms with Crippen LogP contribution in [-0.2, 0) is 19.1 Å². The number of nitrogens with zero attached hydrogens (tertiary/aromatic N) is 1. The molecule has 4 rings (SSSR count). The normalized spacial score (nSPS) is 28.6. The van der Waals surface area contributed by atoms with E-state index in [0.29, 0.717) is 30.1 Å². The second-order valence-electron chi connectivity index (χ2n) is 7.14. The van der Waals surface area contributed by atoms with Crippen molar-refractivity contribution in [1.82, 2.24) is 4.90 Å². The van der Waals surface area contributed by atoms with Crippen LogP contribution in [0.1, 0.15) is 25.7 Å². The van der Waals surface area contributed by atoms with Crippen molar-refractivity contribution in [2.75, 3.05) is 18.5 Å². The third-order valence-corrected chi connectivity index (χ3v) is 5.73. The van der Waals surface area contributed by atoms with Crippen molar-refractivity contribution < 1.29 is 23.9 Å². The number of hydrogen-bond acceptors (Lipinski definition) is 5. The monoisotopic (exact) mass is 392 g/mol. The van der Waals surface area contributed by atoms with Crippen molar-refractivity contribution >= 4 is 35.2 Å². The van der Waals surface area contributed by atoms with Crippen LogP contribution in [0.15, 0.2) is 24.3 Å². The second-order valence-corrected chi connectivity index (χ2v) is 7.58. The van der Waals surface area contributed by atoms with E-state index >= 15 is 0 Å². The minimum atomic E-state index is -0.547. The summed E-state index contributed by atoms with van der Waals surface area (Å²) in [7, 11) is 0. The summed E-state index contributed by atoms with van der Waals surface area (Å²) in [5.74, 6) is -0.757. The van der Waals surface area contributed by atoms with E-state index in [9.17, 15) is 14.4 Å². The van der Waals surface area contributed by atoms with E-state index < -0.39 is 6.09 Å². The molecule has 27 heavy (non-hydrogen) atoms. The molecule has 144 valence electrons. The first kappa shape index (κ1) is 18.3. The number of carbonyl (C=O) groups is 3. The summed E-state index contributed by atoms with van der Waals surface area (Å²) in [6.07, 6.45) is 2.20. The number of imide groups is 1. The second kappa shape index (κ2) is 7.48. The summed E-state index contributed by atoms with van der Waals surface area (Å²) in [6.45, 7) is 0.586. The van der Waals surface area contributed by atoms with Crippen LogP contribution in [-0.4, -0.2) is 48.2 Å². The van der Waals surface area contributed by atoms with Crippen molar-refractivity contribution in [2.24, 2.45) is 11.8 Å². The molecule has 8 heteroatoms. The maximum Gasteiger partial charge on any atom is 0.411 e. The third-order valence-electron chi connectivity index (χ3n) is 5.48. The molecule has 4 unspecified atom stereocenters. The highest BCUT2D eigenvalue weighted by molar-refractivity contribution is 6.30. The maximum atomic E-state index is 12.5. The van der Waals surface area contributed by atoms with E-state index in [2.05, 4.69) is 5.32 Å². The molecule has 0 aromatic heterocycles. The number of amides is 3. The van der Waals surface area contributed by atoms with Crippen LogP contribution < -0.4 is 5.32 Å². The predicted molar refractivity (Wildman–Crippen MR) is 97.3 cm³/mol. The first-order valence-electron chi connectivity index (χ1n) is 9.24. The average molecular weight is 393 g/mol. The Morgan fingerprint density at radius 1 is 1.11 bits per heavy atom. The van der Waals surface area contributed by atoms with Gasteiger partial charge in [0.1, 0.15) is 0 Å². The van der Waals surface area contributed by atoms with Gasteiger partial charge in [-0.2, -0.15) is 0 Å². The molecule has 1 N–H and O–H groups in total. The minimum Gasteiger partial charge on any atom is -0.449 e. The van der Waals surface area contributed by atoms with Gasteiger partial charge in [-0.25, -0.2) is 4.79 Å². The molecule has 2 bridgehead atoms. The van der Waals surface area contributed by atoms with Gasteiger partial charge in [0.2, 0.25) is 11.8 Å². The fraction of sp³-hybridized carbons (Fsp3) is 0.526. The smallest absolute Gasteiger partial charge is 0.411 e. The summed E-state index contributed by atoms with van der Waals surface area (Å²) in [5.41, 5.74) is 0.598. The number of ether oxygens (including phenoxy) is 2. The average Bonchev–Trinajstić information content (AvgIpc) is 3.32. The Morgan fingerprint density at radius 2 is 1.74 bits per heavy atom. The van der Waals surface area contributed by atoms with Gasteiger partial charge in [0.15, 0.2) is 0 Å². The van der Waals surface area contributed by atoms with E-state index in [1.165, 1.54) is 4.90 Å². The standard InChI is InChI=1S/C19H21ClN2O5/c20-11-3-5-12(6-4-11)21-19(25)26-10-2-1-9-22-17(23)15-13-7-8-14(27-13)16(15)18(22)24/h3-6,13-16H,1-2,7-10H2,(H,21,25).